The first-order valence-corrected chi connectivity index (χ1v) is 9.92. The van der Waals surface area contributed by atoms with Crippen LogP contribution >= 0.6 is 0 Å². The maximum absolute atomic E-state index is 12.3. The van der Waals surface area contributed by atoms with Gasteiger partial charge >= 0.3 is 11.6 Å². The topological polar surface area (TPSA) is 86.0 Å². The quantitative estimate of drug-likeness (QED) is 0.547. The summed E-state index contributed by atoms with van der Waals surface area (Å²) in [5.74, 6) is 0.403. The molecule has 0 bridgehead atoms. The van der Waals surface area contributed by atoms with E-state index in [4.69, 9.17) is 13.9 Å². The smallest absolute Gasteiger partial charge is 0.339 e. The SMILES string of the molecule is COc1ccc2c(C)c(CCC(=O)OCC(=O)N3CCCC(C)C3)c(=O)oc2c1. The number of benzene rings is 1. The second-order valence-electron chi connectivity index (χ2n) is 7.60. The number of likely N-dealkylation sites (tertiary alicyclic amines) is 1. The molecule has 1 saturated heterocycles. The van der Waals surface area contributed by atoms with Crippen molar-refractivity contribution >= 4 is 22.8 Å². The van der Waals surface area contributed by atoms with Crippen LogP contribution in [0.1, 0.15) is 37.3 Å². The zero-order valence-corrected chi connectivity index (χ0v) is 17.2. The maximum atomic E-state index is 12.3. The summed E-state index contributed by atoms with van der Waals surface area (Å²) in [6.45, 7) is 5.10. The summed E-state index contributed by atoms with van der Waals surface area (Å²) in [7, 11) is 1.54. The van der Waals surface area contributed by atoms with Gasteiger partial charge in [0, 0.05) is 36.5 Å². The lowest BCUT2D eigenvalue weighted by Crippen LogP contribution is -2.41. The summed E-state index contributed by atoms with van der Waals surface area (Å²) in [6, 6.07) is 5.28. The number of carbonyl (C=O) groups is 2. The first kappa shape index (κ1) is 20.9. The molecular weight excluding hydrogens is 374 g/mol. The number of nitrogens with zero attached hydrogens (tertiary/aromatic N) is 1. The number of ether oxygens (including phenoxy) is 2. The van der Waals surface area contributed by atoms with Gasteiger partial charge in [-0.2, -0.15) is 0 Å². The van der Waals surface area contributed by atoms with E-state index < -0.39 is 11.6 Å². The van der Waals surface area contributed by atoms with E-state index in [1.165, 1.54) is 0 Å². The van der Waals surface area contributed by atoms with Gasteiger partial charge in [-0.3, -0.25) is 9.59 Å². The maximum Gasteiger partial charge on any atom is 0.339 e. The van der Waals surface area contributed by atoms with Crippen LogP contribution in [0.3, 0.4) is 0 Å². The fourth-order valence-corrected chi connectivity index (χ4v) is 3.74. The van der Waals surface area contributed by atoms with Gasteiger partial charge in [0.1, 0.15) is 11.3 Å². The van der Waals surface area contributed by atoms with E-state index in [1.807, 2.05) is 13.0 Å². The Morgan fingerprint density at radius 1 is 1.31 bits per heavy atom. The zero-order chi connectivity index (χ0) is 21.0. The molecule has 1 amide bonds. The van der Waals surface area contributed by atoms with Gasteiger partial charge in [0.2, 0.25) is 0 Å². The second kappa shape index (κ2) is 9.11. The summed E-state index contributed by atoms with van der Waals surface area (Å²) in [4.78, 5) is 38.4. The molecule has 2 aromatic rings. The molecule has 7 heteroatoms. The Balaban J connectivity index is 1.59. The molecule has 1 aliphatic rings. The molecule has 0 saturated carbocycles. The molecule has 0 N–H and O–H groups in total. The Morgan fingerprint density at radius 2 is 2.10 bits per heavy atom. The van der Waals surface area contributed by atoms with Crippen molar-refractivity contribution in [3.05, 3.63) is 39.7 Å². The Morgan fingerprint density at radius 3 is 2.83 bits per heavy atom. The van der Waals surface area contributed by atoms with E-state index in [1.54, 1.807) is 24.1 Å². The summed E-state index contributed by atoms with van der Waals surface area (Å²) in [6.07, 6.45) is 2.30. The van der Waals surface area contributed by atoms with E-state index in [2.05, 4.69) is 6.92 Å². The van der Waals surface area contributed by atoms with Crippen molar-refractivity contribution < 1.29 is 23.5 Å². The van der Waals surface area contributed by atoms with Gasteiger partial charge in [0.25, 0.3) is 5.91 Å². The van der Waals surface area contributed by atoms with E-state index in [-0.39, 0.29) is 25.4 Å². The minimum Gasteiger partial charge on any atom is -0.497 e. The number of amides is 1. The fraction of sp³-hybridized carbons (Fsp3) is 0.500. The number of rotatable bonds is 6. The average Bonchev–Trinajstić information content (AvgIpc) is 2.71. The molecule has 0 spiro atoms. The normalized spacial score (nSPS) is 16.7. The molecule has 1 atom stereocenters. The van der Waals surface area contributed by atoms with Crippen molar-refractivity contribution in [3.8, 4) is 5.75 Å². The summed E-state index contributed by atoms with van der Waals surface area (Å²) in [5.41, 5.74) is 1.18. The third kappa shape index (κ3) is 4.96. The van der Waals surface area contributed by atoms with Gasteiger partial charge in [-0.05, 0) is 49.8 Å². The van der Waals surface area contributed by atoms with Crippen LogP contribution in [0.2, 0.25) is 0 Å². The molecule has 29 heavy (non-hydrogen) atoms. The first-order chi connectivity index (χ1) is 13.9. The molecule has 0 radical (unpaired) electrons. The summed E-state index contributed by atoms with van der Waals surface area (Å²) >= 11 is 0. The predicted octanol–water partition coefficient (Wildman–Crippen LogP) is 2.84. The third-order valence-electron chi connectivity index (χ3n) is 5.44. The van der Waals surface area contributed by atoms with Gasteiger partial charge in [-0.25, -0.2) is 4.79 Å². The van der Waals surface area contributed by atoms with Crippen LogP contribution in [-0.4, -0.2) is 43.6 Å². The van der Waals surface area contributed by atoms with E-state index in [0.717, 1.165) is 23.8 Å². The zero-order valence-electron chi connectivity index (χ0n) is 17.2. The van der Waals surface area contributed by atoms with Crippen molar-refractivity contribution in [2.75, 3.05) is 26.8 Å². The molecule has 1 aliphatic heterocycles. The highest BCUT2D eigenvalue weighted by atomic mass is 16.5. The minimum absolute atomic E-state index is 0.0109. The molecule has 1 aromatic heterocycles. The fourth-order valence-electron chi connectivity index (χ4n) is 3.74. The van der Waals surface area contributed by atoms with Gasteiger partial charge < -0.3 is 18.8 Å². The van der Waals surface area contributed by atoms with Crippen LogP contribution < -0.4 is 10.4 Å². The van der Waals surface area contributed by atoms with Crippen LogP contribution in [0, 0.1) is 12.8 Å². The number of hydrogen-bond acceptors (Lipinski definition) is 6. The van der Waals surface area contributed by atoms with E-state index in [9.17, 15) is 14.4 Å². The number of fused-ring (bicyclic) bond motifs is 1. The van der Waals surface area contributed by atoms with Crippen molar-refractivity contribution in [1.29, 1.82) is 0 Å². The number of hydrogen-bond donors (Lipinski definition) is 0. The molecule has 2 heterocycles. The number of piperidine rings is 1. The van der Waals surface area contributed by atoms with Crippen LogP contribution in [0.5, 0.6) is 5.75 Å². The highest BCUT2D eigenvalue weighted by Gasteiger charge is 2.22. The second-order valence-corrected chi connectivity index (χ2v) is 7.60. The Bertz CT molecular complexity index is 964. The Labute approximate surface area is 169 Å². The molecular formula is C22H27NO6. The largest absolute Gasteiger partial charge is 0.497 e. The number of esters is 1. The van der Waals surface area contributed by atoms with Gasteiger partial charge in [0.15, 0.2) is 6.61 Å². The molecule has 156 valence electrons. The lowest BCUT2D eigenvalue weighted by atomic mass is 10.0. The van der Waals surface area contributed by atoms with Gasteiger partial charge in [0.05, 0.1) is 7.11 Å². The van der Waals surface area contributed by atoms with E-state index >= 15 is 0 Å². The highest BCUT2D eigenvalue weighted by Crippen LogP contribution is 2.24. The highest BCUT2D eigenvalue weighted by molar-refractivity contribution is 5.83. The lowest BCUT2D eigenvalue weighted by Gasteiger charge is -2.30. The Hall–Kier alpha value is -2.83. The van der Waals surface area contributed by atoms with Crippen molar-refractivity contribution in [2.45, 2.75) is 39.5 Å². The van der Waals surface area contributed by atoms with Crippen molar-refractivity contribution in [2.24, 2.45) is 5.92 Å². The summed E-state index contributed by atoms with van der Waals surface area (Å²) < 4.78 is 15.7. The first-order valence-electron chi connectivity index (χ1n) is 9.92. The third-order valence-corrected chi connectivity index (χ3v) is 5.44. The van der Waals surface area contributed by atoms with E-state index in [0.29, 0.717) is 35.9 Å². The van der Waals surface area contributed by atoms with Crippen LogP contribution in [-0.2, 0) is 20.7 Å². The number of methoxy groups -OCH3 is 1. The standard InChI is InChI=1S/C22H27NO6/c1-14-5-4-10-23(12-14)20(24)13-28-21(25)9-8-18-15(2)17-7-6-16(27-3)11-19(17)29-22(18)26/h6-7,11,14H,4-5,8-10,12-13H2,1-3H3. The van der Waals surface area contributed by atoms with Gasteiger partial charge in [-0.1, -0.05) is 6.92 Å². The van der Waals surface area contributed by atoms with Gasteiger partial charge in [-0.15, -0.1) is 0 Å². The van der Waals surface area contributed by atoms with Crippen molar-refractivity contribution in [1.82, 2.24) is 4.90 Å². The molecule has 7 nitrogen and oxygen atoms in total. The average molecular weight is 401 g/mol. The predicted molar refractivity (Wildman–Crippen MR) is 108 cm³/mol. The molecule has 1 aromatic carbocycles. The monoisotopic (exact) mass is 401 g/mol. The molecule has 1 unspecified atom stereocenters. The van der Waals surface area contributed by atoms with Crippen LogP contribution in [0.15, 0.2) is 27.4 Å². The minimum atomic E-state index is -0.503. The lowest BCUT2D eigenvalue weighted by molar-refractivity contribution is -0.152. The molecule has 3 rings (SSSR count). The number of carbonyl (C=O) groups excluding carboxylic acids is 2. The molecule has 1 fully saturated rings. The van der Waals surface area contributed by atoms with Crippen molar-refractivity contribution in [3.63, 3.8) is 0 Å². The van der Waals surface area contributed by atoms with Crippen LogP contribution in [0.4, 0.5) is 0 Å². The van der Waals surface area contributed by atoms with Crippen LogP contribution in [0.25, 0.3) is 11.0 Å². The summed E-state index contributed by atoms with van der Waals surface area (Å²) in [5, 5.41) is 0.795. The Kier molecular flexibility index (Phi) is 6.56. The molecule has 0 aliphatic carbocycles. The number of aryl methyl sites for hydroxylation is 1.